The molecule has 110 valence electrons. The molecule has 0 aromatic carbocycles. The van der Waals surface area contributed by atoms with Gasteiger partial charge in [-0.15, -0.1) is 0 Å². The van der Waals surface area contributed by atoms with E-state index in [2.05, 4.69) is 43.2 Å². The molecule has 0 saturated heterocycles. The van der Waals surface area contributed by atoms with E-state index in [-0.39, 0.29) is 0 Å². The Morgan fingerprint density at radius 3 is 2.33 bits per heavy atom. The lowest BCUT2D eigenvalue weighted by Crippen LogP contribution is -2.32. The van der Waals surface area contributed by atoms with Gasteiger partial charge in [0.2, 0.25) is 0 Å². The van der Waals surface area contributed by atoms with E-state index < -0.39 is 0 Å². The number of nitrogens with zero attached hydrogens (tertiary/aromatic N) is 2. The van der Waals surface area contributed by atoms with E-state index in [1.807, 2.05) is 0 Å². The van der Waals surface area contributed by atoms with Crippen molar-refractivity contribution in [3.05, 3.63) is 0 Å². The predicted octanol–water partition coefficient (Wildman–Crippen LogP) is 1.28. The van der Waals surface area contributed by atoms with Crippen molar-refractivity contribution < 1.29 is 4.74 Å². The molecule has 0 unspecified atom stereocenters. The summed E-state index contributed by atoms with van der Waals surface area (Å²) in [7, 11) is 6.44. The Hall–Kier alpha value is -0.160. The Labute approximate surface area is 114 Å². The summed E-state index contributed by atoms with van der Waals surface area (Å²) in [6, 6.07) is 0. The van der Waals surface area contributed by atoms with Gasteiger partial charge < -0.3 is 19.9 Å². The van der Waals surface area contributed by atoms with Gasteiger partial charge in [0, 0.05) is 26.2 Å². The van der Waals surface area contributed by atoms with Crippen molar-refractivity contribution in [2.24, 2.45) is 0 Å². The SMILES string of the molecule is CCCCOCCNCCN(C)CCCN(C)C. The molecule has 4 nitrogen and oxygen atoms in total. The molecule has 0 rings (SSSR count). The van der Waals surface area contributed by atoms with Crippen LogP contribution in [0.2, 0.25) is 0 Å². The lowest BCUT2D eigenvalue weighted by molar-refractivity contribution is 0.132. The summed E-state index contributed by atoms with van der Waals surface area (Å²) >= 11 is 0. The van der Waals surface area contributed by atoms with Crippen LogP contribution < -0.4 is 5.32 Å². The Bertz CT molecular complexity index is 165. The van der Waals surface area contributed by atoms with Gasteiger partial charge in [0.15, 0.2) is 0 Å². The minimum absolute atomic E-state index is 0.838. The van der Waals surface area contributed by atoms with Gasteiger partial charge in [-0.25, -0.2) is 0 Å². The number of hydrogen-bond donors (Lipinski definition) is 1. The first-order valence-electron chi connectivity index (χ1n) is 7.28. The maximum Gasteiger partial charge on any atom is 0.0590 e. The lowest BCUT2D eigenvalue weighted by Gasteiger charge is -2.18. The molecule has 4 heteroatoms. The molecule has 0 heterocycles. The highest BCUT2D eigenvalue weighted by Crippen LogP contribution is 1.89. The molecule has 0 amide bonds. The Balaban J connectivity index is 3.12. The van der Waals surface area contributed by atoms with Gasteiger partial charge >= 0.3 is 0 Å². The van der Waals surface area contributed by atoms with E-state index in [9.17, 15) is 0 Å². The number of hydrogen-bond acceptors (Lipinski definition) is 4. The van der Waals surface area contributed by atoms with Crippen LogP contribution in [0, 0.1) is 0 Å². The van der Waals surface area contributed by atoms with E-state index >= 15 is 0 Å². The van der Waals surface area contributed by atoms with E-state index in [1.54, 1.807) is 0 Å². The fourth-order valence-electron chi connectivity index (χ4n) is 1.66. The van der Waals surface area contributed by atoms with Gasteiger partial charge in [0.05, 0.1) is 6.61 Å². The standard InChI is InChI=1S/C14H33N3O/c1-5-6-13-18-14-9-15-8-12-17(4)11-7-10-16(2)3/h15H,5-14H2,1-4H3. The molecule has 1 N–H and O–H groups in total. The first-order chi connectivity index (χ1) is 8.66. The van der Waals surface area contributed by atoms with Crippen molar-refractivity contribution >= 4 is 0 Å². The first-order valence-corrected chi connectivity index (χ1v) is 7.28. The highest BCUT2D eigenvalue weighted by molar-refractivity contribution is 4.56. The summed E-state index contributed by atoms with van der Waals surface area (Å²) in [4.78, 5) is 4.62. The molecule has 0 bridgehead atoms. The minimum atomic E-state index is 0.838. The number of rotatable bonds is 13. The third-order valence-electron chi connectivity index (χ3n) is 2.88. The molecule has 18 heavy (non-hydrogen) atoms. The molecular formula is C14H33N3O. The fourth-order valence-corrected chi connectivity index (χ4v) is 1.66. The molecule has 0 aliphatic rings. The molecule has 0 atom stereocenters. The van der Waals surface area contributed by atoms with Crippen LogP contribution in [0.4, 0.5) is 0 Å². The summed E-state index contributed by atoms with van der Waals surface area (Å²) in [6.07, 6.45) is 3.63. The van der Waals surface area contributed by atoms with Crippen LogP contribution in [0.5, 0.6) is 0 Å². The number of nitrogens with one attached hydrogen (secondary N) is 1. The van der Waals surface area contributed by atoms with Gasteiger partial charge in [0.1, 0.15) is 0 Å². The van der Waals surface area contributed by atoms with Gasteiger partial charge in [-0.3, -0.25) is 0 Å². The predicted molar refractivity (Wildman–Crippen MR) is 79.3 cm³/mol. The third-order valence-corrected chi connectivity index (χ3v) is 2.88. The Morgan fingerprint density at radius 2 is 1.67 bits per heavy atom. The van der Waals surface area contributed by atoms with Crippen molar-refractivity contribution in [1.29, 1.82) is 0 Å². The van der Waals surface area contributed by atoms with E-state index in [0.717, 1.165) is 32.8 Å². The van der Waals surface area contributed by atoms with Crippen LogP contribution in [-0.4, -0.2) is 76.9 Å². The summed E-state index contributed by atoms with van der Waals surface area (Å²) in [5.74, 6) is 0. The lowest BCUT2D eigenvalue weighted by atomic mass is 10.3. The minimum Gasteiger partial charge on any atom is -0.380 e. The fraction of sp³-hybridized carbons (Fsp3) is 1.00. The molecule has 0 aliphatic heterocycles. The average molecular weight is 259 g/mol. The topological polar surface area (TPSA) is 27.7 Å². The van der Waals surface area contributed by atoms with Crippen LogP contribution >= 0.6 is 0 Å². The van der Waals surface area contributed by atoms with Crippen molar-refractivity contribution in [3.63, 3.8) is 0 Å². The maximum atomic E-state index is 5.49. The zero-order valence-corrected chi connectivity index (χ0v) is 12.9. The number of likely N-dealkylation sites (N-methyl/N-ethyl adjacent to an activating group) is 1. The normalized spacial score (nSPS) is 11.7. The van der Waals surface area contributed by atoms with Crippen LogP contribution in [0.25, 0.3) is 0 Å². The molecule has 0 fully saturated rings. The molecule has 0 spiro atoms. The Morgan fingerprint density at radius 1 is 0.889 bits per heavy atom. The van der Waals surface area contributed by atoms with Gasteiger partial charge in [0.25, 0.3) is 0 Å². The third kappa shape index (κ3) is 13.9. The highest BCUT2D eigenvalue weighted by Gasteiger charge is 1.98. The molecule has 0 aromatic heterocycles. The molecule has 0 aliphatic carbocycles. The van der Waals surface area contributed by atoms with Crippen molar-refractivity contribution in [2.45, 2.75) is 26.2 Å². The summed E-state index contributed by atoms with van der Waals surface area (Å²) < 4.78 is 5.49. The molecule has 0 radical (unpaired) electrons. The highest BCUT2D eigenvalue weighted by atomic mass is 16.5. The second kappa shape index (κ2) is 13.3. The summed E-state index contributed by atoms with van der Waals surface area (Å²) in [5, 5.41) is 3.42. The maximum absolute atomic E-state index is 5.49. The zero-order chi connectivity index (χ0) is 13.6. The van der Waals surface area contributed by atoms with Crippen molar-refractivity contribution in [1.82, 2.24) is 15.1 Å². The van der Waals surface area contributed by atoms with Crippen LogP contribution in [-0.2, 0) is 4.74 Å². The largest absolute Gasteiger partial charge is 0.380 e. The van der Waals surface area contributed by atoms with Gasteiger partial charge in [-0.05, 0) is 47.1 Å². The molecule has 0 aromatic rings. The molecule has 0 saturated carbocycles. The second-order valence-corrected chi connectivity index (χ2v) is 5.18. The number of ether oxygens (including phenoxy) is 1. The van der Waals surface area contributed by atoms with E-state index in [1.165, 1.54) is 32.4 Å². The Kier molecular flexibility index (Phi) is 13.2. The first kappa shape index (κ1) is 17.8. The smallest absolute Gasteiger partial charge is 0.0590 e. The van der Waals surface area contributed by atoms with Gasteiger partial charge in [-0.2, -0.15) is 0 Å². The van der Waals surface area contributed by atoms with E-state index in [4.69, 9.17) is 4.74 Å². The van der Waals surface area contributed by atoms with Gasteiger partial charge in [-0.1, -0.05) is 13.3 Å². The van der Waals surface area contributed by atoms with E-state index in [0.29, 0.717) is 0 Å². The van der Waals surface area contributed by atoms with Crippen LogP contribution in [0.3, 0.4) is 0 Å². The van der Waals surface area contributed by atoms with Crippen molar-refractivity contribution in [2.75, 3.05) is 67.1 Å². The second-order valence-electron chi connectivity index (χ2n) is 5.18. The molecular weight excluding hydrogens is 226 g/mol. The monoisotopic (exact) mass is 259 g/mol. The average Bonchev–Trinajstić information content (AvgIpc) is 2.32. The summed E-state index contributed by atoms with van der Waals surface area (Å²) in [5.41, 5.74) is 0. The van der Waals surface area contributed by atoms with Crippen LogP contribution in [0.15, 0.2) is 0 Å². The summed E-state index contributed by atoms with van der Waals surface area (Å²) in [6.45, 7) is 9.41. The van der Waals surface area contributed by atoms with Crippen LogP contribution in [0.1, 0.15) is 26.2 Å². The zero-order valence-electron chi connectivity index (χ0n) is 12.9. The number of unbranched alkanes of at least 4 members (excludes halogenated alkanes) is 1. The quantitative estimate of drug-likeness (QED) is 0.504. The van der Waals surface area contributed by atoms with Crippen molar-refractivity contribution in [3.8, 4) is 0 Å².